The molecule has 0 rings (SSSR count). The van der Waals surface area contributed by atoms with Gasteiger partial charge in [-0.1, -0.05) is 334 Å². The maximum Gasteiger partial charge on any atom is 0.305 e. The van der Waals surface area contributed by atoms with Crippen LogP contribution in [-0.4, -0.2) is 47.4 Å². The van der Waals surface area contributed by atoms with Crippen LogP contribution in [0.25, 0.3) is 0 Å². The van der Waals surface area contributed by atoms with Gasteiger partial charge in [-0.3, -0.25) is 9.59 Å². The fraction of sp³-hybridized carbons (Fsp3) is 0.941. The van der Waals surface area contributed by atoms with E-state index in [4.69, 9.17) is 4.74 Å². The number of unbranched alkanes of at least 4 members (excludes halogenated alkanes) is 51. The first kappa shape index (κ1) is 72.6. The lowest BCUT2D eigenvalue weighted by molar-refractivity contribution is -0.143. The van der Waals surface area contributed by atoms with Crippen molar-refractivity contribution in [1.29, 1.82) is 0 Å². The maximum absolute atomic E-state index is 12.5. The molecule has 0 aliphatic rings. The molecule has 440 valence electrons. The van der Waals surface area contributed by atoms with E-state index in [-0.39, 0.29) is 18.5 Å². The number of nitrogens with one attached hydrogen (secondary N) is 1. The fourth-order valence-corrected chi connectivity index (χ4v) is 10.9. The van der Waals surface area contributed by atoms with Crippen LogP contribution in [0, 0.1) is 0 Å². The van der Waals surface area contributed by atoms with Gasteiger partial charge >= 0.3 is 5.97 Å². The van der Waals surface area contributed by atoms with Gasteiger partial charge in [0.1, 0.15) is 0 Å². The molecule has 3 N–H and O–H groups in total. The third-order valence-electron chi connectivity index (χ3n) is 16.1. The molecule has 0 aliphatic carbocycles. The summed E-state index contributed by atoms with van der Waals surface area (Å²) in [7, 11) is 0. The Hall–Kier alpha value is -1.40. The van der Waals surface area contributed by atoms with E-state index in [9.17, 15) is 19.8 Å². The van der Waals surface area contributed by atoms with E-state index in [2.05, 4.69) is 31.3 Å². The van der Waals surface area contributed by atoms with Crippen molar-refractivity contribution in [3.05, 3.63) is 12.2 Å². The van der Waals surface area contributed by atoms with Gasteiger partial charge in [-0.2, -0.15) is 0 Å². The van der Waals surface area contributed by atoms with Gasteiger partial charge in [-0.05, 0) is 51.4 Å². The van der Waals surface area contributed by atoms with Crippen LogP contribution < -0.4 is 5.32 Å². The molecule has 0 spiro atoms. The van der Waals surface area contributed by atoms with Crippen molar-refractivity contribution < 1.29 is 24.5 Å². The summed E-state index contributed by atoms with van der Waals surface area (Å²) in [5.41, 5.74) is 0. The molecule has 0 saturated carbocycles. The lowest BCUT2D eigenvalue weighted by Crippen LogP contribution is -2.45. The van der Waals surface area contributed by atoms with Crippen LogP contribution in [0.2, 0.25) is 0 Å². The van der Waals surface area contributed by atoms with Crippen LogP contribution in [0.1, 0.15) is 386 Å². The Bertz CT molecular complexity index is 1110. The molecule has 0 aromatic rings. The lowest BCUT2D eigenvalue weighted by Gasteiger charge is -2.22. The largest absolute Gasteiger partial charge is 0.466 e. The molecule has 1 amide bonds. The highest BCUT2D eigenvalue weighted by atomic mass is 16.5. The Morgan fingerprint density at radius 2 is 0.635 bits per heavy atom. The van der Waals surface area contributed by atoms with Crippen molar-refractivity contribution in [2.45, 2.75) is 398 Å². The first-order valence-corrected chi connectivity index (χ1v) is 33.9. The van der Waals surface area contributed by atoms with Crippen molar-refractivity contribution in [2.24, 2.45) is 0 Å². The quantitative estimate of drug-likeness (QED) is 0.0320. The summed E-state index contributed by atoms with van der Waals surface area (Å²) in [6.45, 7) is 4.96. The van der Waals surface area contributed by atoms with E-state index in [1.165, 1.54) is 308 Å². The van der Waals surface area contributed by atoms with Crippen LogP contribution in [-0.2, 0) is 14.3 Å². The molecule has 0 radical (unpaired) electrons. The Morgan fingerprint density at radius 3 is 0.986 bits per heavy atom. The minimum atomic E-state index is -0.662. The monoisotopic (exact) mass is 1040 g/mol. The van der Waals surface area contributed by atoms with E-state index in [0.29, 0.717) is 25.9 Å². The molecule has 0 saturated heterocycles. The minimum absolute atomic E-state index is 0.00875. The van der Waals surface area contributed by atoms with Crippen molar-refractivity contribution >= 4 is 11.9 Å². The minimum Gasteiger partial charge on any atom is -0.466 e. The molecule has 2 unspecified atom stereocenters. The van der Waals surface area contributed by atoms with Crippen molar-refractivity contribution in [3.8, 4) is 0 Å². The third kappa shape index (κ3) is 59.8. The number of carbonyl (C=O) groups is 2. The standard InChI is InChI=1S/C68H133NO5/c1-3-5-7-9-11-13-15-17-18-19-31-34-37-40-44-48-52-56-60-66(71)65(64-70)69-67(72)61-57-53-49-45-41-38-35-32-29-27-25-23-21-20-22-24-26-28-30-33-36-39-43-47-51-55-59-63-74-68(73)62-58-54-50-46-42-16-14-12-10-8-6-4-2/h12,14,65-66,70-71H,3-11,13,15-64H2,1-2H3,(H,69,72)/b14-12-. The zero-order valence-electron chi connectivity index (χ0n) is 50.4. The van der Waals surface area contributed by atoms with Crippen molar-refractivity contribution in [3.63, 3.8) is 0 Å². The molecule has 0 heterocycles. The smallest absolute Gasteiger partial charge is 0.305 e. The van der Waals surface area contributed by atoms with E-state index in [0.717, 1.165) is 44.9 Å². The molecule has 2 atom stereocenters. The molecule has 6 nitrogen and oxygen atoms in total. The normalized spacial score (nSPS) is 12.5. The van der Waals surface area contributed by atoms with Gasteiger partial charge in [0.15, 0.2) is 0 Å². The molecule has 0 aliphatic heterocycles. The van der Waals surface area contributed by atoms with Gasteiger partial charge in [-0.25, -0.2) is 0 Å². The number of amides is 1. The van der Waals surface area contributed by atoms with Gasteiger partial charge in [0, 0.05) is 12.8 Å². The summed E-state index contributed by atoms with van der Waals surface area (Å²) in [5, 5.41) is 23.4. The van der Waals surface area contributed by atoms with Gasteiger partial charge in [0.2, 0.25) is 5.91 Å². The summed E-state index contributed by atoms with van der Waals surface area (Å²) in [6.07, 6.45) is 78.2. The highest BCUT2D eigenvalue weighted by Crippen LogP contribution is 2.19. The number of aliphatic hydroxyl groups excluding tert-OH is 2. The third-order valence-corrected chi connectivity index (χ3v) is 16.1. The predicted octanol–water partition coefficient (Wildman–Crippen LogP) is 21.6. The van der Waals surface area contributed by atoms with E-state index in [1.807, 2.05) is 0 Å². The lowest BCUT2D eigenvalue weighted by atomic mass is 10.0. The van der Waals surface area contributed by atoms with Crippen molar-refractivity contribution in [2.75, 3.05) is 13.2 Å². The summed E-state index contributed by atoms with van der Waals surface area (Å²) < 4.78 is 5.47. The molecule has 74 heavy (non-hydrogen) atoms. The van der Waals surface area contributed by atoms with E-state index < -0.39 is 12.1 Å². The Labute approximate surface area is 463 Å². The summed E-state index contributed by atoms with van der Waals surface area (Å²) >= 11 is 0. The molecule has 0 fully saturated rings. The number of allylic oxidation sites excluding steroid dienone is 2. The summed E-state index contributed by atoms with van der Waals surface area (Å²) in [4.78, 5) is 24.5. The number of hydrogen-bond donors (Lipinski definition) is 3. The molecule has 0 aromatic heterocycles. The number of ether oxygens (including phenoxy) is 1. The van der Waals surface area contributed by atoms with Crippen LogP contribution >= 0.6 is 0 Å². The van der Waals surface area contributed by atoms with Gasteiger partial charge in [-0.15, -0.1) is 0 Å². The van der Waals surface area contributed by atoms with Crippen LogP contribution in [0.4, 0.5) is 0 Å². The Kier molecular flexibility index (Phi) is 62.9. The van der Waals surface area contributed by atoms with Gasteiger partial charge < -0.3 is 20.3 Å². The first-order chi connectivity index (χ1) is 36.5. The van der Waals surface area contributed by atoms with Gasteiger partial charge in [0.05, 0.1) is 25.4 Å². The summed E-state index contributed by atoms with van der Waals surface area (Å²) in [6, 6.07) is -0.539. The molecular weight excluding hydrogens is 911 g/mol. The highest BCUT2D eigenvalue weighted by Gasteiger charge is 2.20. The van der Waals surface area contributed by atoms with Crippen LogP contribution in [0.3, 0.4) is 0 Å². The summed E-state index contributed by atoms with van der Waals surface area (Å²) in [5.74, 6) is -0.0195. The molecule has 0 bridgehead atoms. The SMILES string of the molecule is CCCCC/C=C\CCCCCCCC(=O)OCCCCCCCCCCCCCCCCCCCCCCCCCCCCCC(=O)NC(CO)C(O)CCCCCCCCCCCCCCCCCCCC. The fourth-order valence-electron chi connectivity index (χ4n) is 10.9. The molecule has 6 heteroatoms. The second-order valence-corrected chi connectivity index (χ2v) is 23.5. The number of rotatable bonds is 64. The van der Waals surface area contributed by atoms with Crippen LogP contribution in [0.5, 0.6) is 0 Å². The van der Waals surface area contributed by atoms with Gasteiger partial charge in [0.25, 0.3) is 0 Å². The zero-order chi connectivity index (χ0) is 53.6. The zero-order valence-corrected chi connectivity index (χ0v) is 50.4. The maximum atomic E-state index is 12.5. The first-order valence-electron chi connectivity index (χ1n) is 33.9. The topological polar surface area (TPSA) is 95.9 Å². The number of carbonyl (C=O) groups excluding carboxylic acids is 2. The highest BCUT2D eigenvalue weighted by molar-refractivity contribution is 5.76. The number of hydrogen-bond acceptors (Lipinski definition) is 5. The molecule has 0 aromatic carbocycles. The second-order valence-electron chi connectivity index (χ2n) is 23.5. The number of aliphatic hydroxyl groups is 2. The Balaban J connectivity index is 3.35. The average Bonchev–Trinajstić information content (AvgIpc) is 3.40. The number of esters is 1. The van der Waals surface area contributed by atoms with E-state index >= 15 is 0 Å². The van der Waals surface area contributed by atoms with E-state index in [1.54, 1.807) is 0 Å². The second kappa shape index (κ2) is 64.1. The molecular formula is C68H133NO5. The predicted molar refractivity (Wildman–Crippen MR) is 324 cm³/mol. The average molecular weight is 1040 g/mol. The Morgan fingerprint density at radius 1 is 0.365 bits per heavy atom. The van der Waals surface area contributed by atoms with Crippen molar-refractivity contribution in [1.82, 2.24) is 5.32 Å². The van der Waals surface area contributed by atoms with Crippen LogP contribution in [0.15, 0.2) is 12.2 Å².